The SMILES string of the molecule is CC1(C(F)(F)F)CNC1. The first-order valence-corrected chi connectivity index (χ1v) is 2.73. The Kier molecular flexibility index (Phi) is 1.24. The highest BCUT2D eigenvalue weighted by atomic mass is 19.4. The molecule has 1 saturated heterocycles. The summed E-state index contributed by atoms with van der Waals surface area (Å²) in [5, 5.41) is 2.59. The van der Waals surface area contributed by atoms with Crippen LogP contribution in [0.15, 0.2) is 0 Å². The Balaban J connectivity index is 2.59. The molecule has 1 nitrogen and oxygen atoms in total. The summed E-state index contributed by atoms with van der Waals surface area (Å²) < 4.78 is 35.5. The molecule has 0 saturated carbocycles. The van der Waals surface area contributed by atoms with Crippen molar-refractivity contribution in [3.05, 3.63) is 0 Å². The monoisotopic (exact) mass is 139 g/mol. The smallest absolute Gasteiger partial charge is 0.315 e. The lowest BCUT2D eigenvalue weighted by Crippen LogP contribution is -2.59. The van der Waals surface area contributed by atoms with E-state index in [4.69, 9.17) is 0 Å². The van der Waals surface area contributed by atoms with E-state index in [1.165, 1.54) is 6.92 Å². The van der Waals surface area contributed by atoms with Crippen molar-refractivity contribution in [2.24, 2.45) is 5.41 Å². The number of hydrogen-bond acceptors (Lipinski definition) is 1. The van der Waals surface area contributed by atoms with Gasteiger partial charge in [-0.3, -0.25) is 0 Å². The largest absolute Gasteiger partial charge is 0.396 e. The topological polar surface area (TPSA) is 12.0 Å². The molecular formula is C5H8F3N. The molecule has 0 radical (unpaired) electrons. The van der Waals surface area contributed by atoms with Crippen LogP contribution in [-0.2, 0) is 0 Å². The predicted octanol–water partition coefficient (Wildman–Crippen LogP) is 1.16. The zero-order valence-corrected chi connectivity index (χ0v) is 5.05. The van der Waals surface area contributed by atoms with E-state index in [-0.39, 0.29) is 13.1 Å². The van der Waals surface area contributed by atoms with E-state index in [9.17, 15) is 13.2 Å². The molecule has 9 heavy (non-hydrogen) atoms. The van der Waals surface area contributed by atoms with E-state index in [1.807, 2.05) is 0 Å². The molecule has 0 atom stereocenters. The maximum atomic E-state index is 11.8. The third-order valence-electron chi connectivity index (χ3n) is 1.71. The highest BCUT2D eigenvalue weighted by Crippen LogP contribution is 2.40. The van der Waals surface area contributed by atoms with Gasteiger partial charge in [-0.05, 0) is 6.92 Å². The number of hydrogen-bond donors (Lipinski definition) is 1. The number of alkyl halides is 3. The van der Waals surface area contributed by atoms with Crippen molar-refractivity contribution >= 4 is 0 Å². The summed E-state index contributed by atoms with van der Waals surface area (Å²) in [6.07, 6.45) is -4.03. The first-order chi connectivity index (χ1) is 3.96. The van der Waals surface area contributed by atoms with E-state index in [0.29, 0.717) is 0 Å². The summed E-state index contributed by atoms with van der Waals surface area (Å²) in [6.45, 7) is 1.36. The van der Waals surface area contributed by atoms with Crippen molar-refractivity contribution < 1.29 is 13.2 Å². The highest BCUT2D eigenvalue weighted by molar-refractivity contribution is 4.93. The Hall–Kier alpha value is -0.250. The average molecular weight is 139 g/mol. The Bertz CT molecular complexity index is 114. The minimum absolute atomic E-state index is 0.0660. The van der Waals surface area contributed by atoms with Crippen molar-refractivity contribution in [1.29, 1.82) is 0 Å². The van der Waals surface area contributed by atoms with Crippen LogP contribution in [0.4, 0.5) is 13.2 Å². The zero-order valence-electron chi connectivity index (χ0n) is 5.05. The summed E-state index contributed by atoms with van der Waals surface area (Å²) in [6, 6.07) is 0. The van der Waals surface area contributed by atoms with Gasteiger partial charge in [-0.15, -0.1) is 0 Å². The van der Waals surface area contributed by atoms with Gasteiger partial charge in [0, 0.05) is 13.1 Å². The van der Waals surface area contributed by atoms with E-state index in [1.54, 1.807) is 0 Å². The lowest BCUT2D eigenvalue weighted by molar-refractivity contribution is -0.232. The molecule has 1 fully saturated rings. The number of rotatable bonds is 0. The molecule has 0 bridgehead atoms. The molecule has 1 heterocycles. The first-order valence-electron chi connectivity index (χ1n) is 2.73. The minimum Gasteiger partial charge on any atom is -0.315 e. The van der Waals surface area contributed by atoms with Crippen molar-refractivity contribution in [2.75, 3.05) is 13.1 Å². The normalized spacial score (nSPS) is 25.3. The second-order valence-corrected chi connectivity index (χ2v) is 2.66. The standard InChI is InChI=1S/C5H8F3N/c1-4(2-9-3-4)5(6,7)8/h9H,2-3H2,1H3. The van der Waals surface area contributed by atoms with Crippen LogP contribution < -0.4 is 5.32 Å². The molecule has 0 amide bonds. The van der Waals surface area contributed by atoms with Crippen LogP contribution >= 0.6 is 0 Å². The average Bonchev–Trinajstić information content (AvgIpc) is 1.57. The van der Waals surface area contributed by atoms with Crippen LogP contribution in [0.2, 0.25) is 0 Å². The van der Waals surface area contributed by atoms with Gasteiger partial charge in [0.05, 0.1) is 5.41 Å². The molecule has 0 spiro atoms. The summed E-state index contributed by atoms with van der Waals surface area (Å²) >= 11 is 0. The Labute approximate surface area is 51.2 Å². The second kappa shape index (κ2) is 1.62. The highest BCUT2D eigenvalue weighted by Gasteiger charge is 2.54. The summed E-state index contributed by atoms with van der Waals surface area (Å²) in [7, 11) is 0. The van der Waals surface area contributed by atoms with E-state index < -0.39 is 11.6 Å². The summed E-state index contributed by atoms with van der Waals surface area (Å²) in [5.41, 5.74) is -1.45. The maximum absolute atomic E-state index is 11.8. The van der Waals surface area contributed by atoms with Gasteiger partial charge in [0.25, 0.3) is 0 Å². The van der Waals surface area contributed by atoms with Crippen LogP contribution in [0, 0.1) is 5.41 Å². The molecule has 0 unspecified atom stereocenters. The molecule has 0 aromatic rings. The minimum atomic E-state index is -4.03. The molecule has 54 valence electrons. The number of nitrogens with one attached hydrogen (secondary N) is 1. The third kappa shape index (κ3) is 0.913. The molecule has 0 aromatic carbocycles. The fraction of sp³-hybridized carbons (Fsp3) is 1.00. The summed E-state index contributed by atoms with van der Waals surface area (Å²) in [4.78, 5) is 0. The van der Waals surface area contributed by atoms with Crippen LogP contribution in [0.1, 0.15) is 6.92 Å². The van der Waals surface area contributed by atoms with Crippen molar-refractivity contribution in [1.82, 2.24) is 5.32 Å². The molecule has 0 aliphatic carbocycles. The van der Waals surface area contributed by atoms with Crippen LogP contribution in [0.5, 0.6) is 0 Å². The van der Waals surface area contributed by atoms with Gasteiger partial charge in [0.15, 0.2) is 0 Å². The molecule has 4 heteroatoms. The van der Waals surface area contributed by atoms with Gasteiger partial charge in [-0.2, -0.15) is 13.2 Å². The lowest BCUT2D eigenvalue weighted by atomic mass is 9.84. The van der Waals surface area contributed by atoms with E-state index in [2.05, 4.69) is 5.32 Å². The lowest BCUT2D eigenvalue weighted by Gasteiger charge is -2.40. The van der Waals surface area contributed by atoms with Crippen molar-refractivity contribution in [3.8, 4) is 0 Å². The Morgan fingerprint density at radius 2 is 1.78 bits per heavy atom. The van der Waals surface area contributed by atoms with E-state index in [0.717, 1.165) is 0 Å². The van der Waals surface area contributed by atoms with Gasteiger partial charge in [-0.25, -0.2) is 0 Å². The van der Waals surface area contributed by atoms with Gasteiger partial charge < -0.3 is 5.32 Å². The van der Waals surface area contributed by atoms with Crippen LogP contribution in [0.3, 0.4) is 0 Å². The predicted molar refractivity (Wildman–Crippen MR) is 27.0 cm³/mol. The first kappa shape index (κ1) is 6.86. The zero-order chi connectivity index (χ0) is 7.12. The van der Waals surface area contributed by atoms with Crippen molar-refractivity contribution in [3.63, 3.8) is 0 Å². The Morgan fingerprint density at radius 3 is 1.78 bits per heavy atom. The molecule has 1 aliphatic rings. The summed E-state index contributed by atoms with van der Waals surface area (Å²) in [5.74, 6) is 0. The van der Waals surface area contributed by atoms with Crippen molar-refractivity contribution in [2.45, 2.75) is 13.1 Å². The van der Waals surface area contributed by atoms with E-state index >= 15 is 0 Å². The quantitative estimate of drug-likeness (QED) is 0.531. The van der Waals surface area contributed by atoms with Crippen LogP contribution in [-0.4, -0.2) is 19.3 Å². The molecule has 1 N–H and O–H groups in total. The molecule has 0 aromatic heterocycles. The second-order valence-electron chi connectivity index (χ2n) is 2.66. The van der Waals surface area contributed by atoms with Gasteiger partial charge >= 0.3 is 6.18 Å². The molecular weight excluding hydrogens is 131 g/mol. The van der Waals surface area contributed by atoms with Gasteiger partial charge in [0.1, 0.15) is 0 Å². The third-order valence-corrected chi connectivity index (χ3v) is 1.71. The van der Waals surface area contributed by atoms with Crippen LogP contribution in [0.25, 0.3) is 0 Å². The van der Waals surface area contributed by atoms with Gasteiger partial charge in [-0.1, -0.05) is 0 Å². The molecule has 1 aliphatic heterocycles. The van der Waals surface area contributed by atoms with Gasteiger partial charge in [0.2, 0.25) is 0 Å². The maximum Gasteiger partial charge on any atom is 0.396 e. The molecule has 1 rings (SSSR count). The fourth-order valence-corrected chi connectivity index (χ4v) is 0.700. The number of halogens is 3. The fourth-order valence-electron chi connectivity index (χ4n) is 0.700. The Morgan fingerprint density at radius 1 is 1.33 bits per heavy atom.